The summed E-state index contributed by atoms with van der Waals surface area (Å²) in [5, 5.41) is 0. The first-order chi connectivity index (χ1) is 4.84. The lowest BCUT2D eigenvalue weighted by Crippen LogP contribution is -2.00. The minimum atomic E-state index is -0.457. The molecule has 0 aliphatic heterocycles. The van der Waals surface area contributed by atoms with Crippen LogP contribution in [0.25, 0.3) is 0 Å². The second-order valence-corrected chi connectivity index (χ2v) is 1.98. The highest BCUT2D eigenvalue weighted by Gasteiger charge is 2.07. The van der Waals surface area contributed by atoms with Crippen molar-refractivity contribution in [3.63, 3.8) is 0 Å². The molecule has 1 aromatic heterocycles. The molecule has 0 fully saturated rings. The van der Waals surface area contributed by atoms with Gasteiger partial charge in [-0.2, -0.15) is 0 Å². The standard InChI is InChI=1S/C6H5BrO3/c7-4-10-6(8)5-2-1-3-9-5/h1-3H,4H2. The third-order valence-corrected chi connectivity index (χ3v) is 1.14. The lowest BCUT2D eigenvalue weighted by molar-refractivity contribution is 0.0548. The maximum Gasteiger partial charge on any atom is 0.375 e. The van der Waals surface area contributed by atoms with E-state index in [1.165, 1.54) is 6.26 Å². The highest BCUT2D eigenvalue weighted by molar-refractivity contribution is 9.09. The van der Waals surface area contributed by atoms with E-state index in [0.29, 0.717) is 0 Å². The van der Waals surface area contributed by atoms with Crippen molar-refractivity contribution in [3.05, 3.63) is 24.2 Å². The fraction of sp³-hybridized carbons (Fsp3) is 0.167. The molecule has 0 spiro atoms. The molecule has 1 heterocycles. The number of carbonyl (C=O) groups is 1. The van der Waals surface area contributed by atoms with Gasteiger partial charge in [-0.05, 0) is 28.1 Å². The number of carbonyl (C=O) groups excluding carboxylic acids is 1. The summed E-state index contributed by atoms with van der Waals surface area (Å²) in [6.07, 6.45) is 1.42. The molecule has 0 aliphatic rings. The molecule has 3 nitrogen and oxygen atoms in total. The van der Waals surface area contributed by atoms with E-state index >= 15 is 0 Å². The lowest BCUT2D eigenvalue weighted by atomic mass is 10.5. The molecule has 0 unspecified atom stereocenters. The van der Waals surface area contributed by atoms with Gasteiger partial charge in [-0.25, -0.2) is 4.79 Å². The van der Waals surface area contributed by atoms with Crippen LogP contribution in [0, 0.1) is 0 Å². The zero-order valence-electron chi connectivity index (χ0n) is 5.04. The van der Waals surface area contributed by atoms with Gasteiger partial charge in [0.05, 0.1) is 6.26 Å². The SMILES string of the molecule is O=C(OCBr)c1ccco1. The Kier molecular flexibility index (Phi) is 2.50. The van der Waals surface area contributed by atoms with Gasteiger partial charge in [0.15, 0.2) is 0 Å². The molecule has 0 saturated heterocycles. The normalized spacial score (nSPS) is 9.30. The second-order valence-electron chi connectivity index (χ2n) is 1.52. The monoisotopic (exact) mass is 204 g/mol. The molecule has 1 aromatic rings. The number of alkyl halides is 1. The molecule has 0 bridgehead atoms. The predicted molar refractivity (Wildman–Crippen MR) is 37.9 cm³/mol. The van der Waals surface area contributed by atoms with Crippen LogP contribution in [0.4, 0.5) is 0 Å². The van der Waals surface area contributed by atoms with Gasteiger partial charge in [-0.3, -0.25) is 0 Å². The Labute approximate surface area is 66.1 Å². The molecule has 4 heteroatoms. The first-order valence-electron chi connectivity index (χ1n) is 2.61. The molecule has 54 valence electrons. The van der Waals surface area contributed by atoms with Crippen LogP contribution >= 0.6 is 15.9 Å². The fourth-order valence-corrected chi connectivity index (χ4v) is 0.723. The largest absolute Gasteiger partial charge is 0.457 e. The summed E-state index contributed by atoms with van der Waals surface area (Å²) in [4.78, 5) is 10.8. The Morgan fingerprint density at radius 3 is 3.10 bits per heavy atom. The molecule has 0 radical (unpaired) electrons. The van der Waals surface area contributed by atoms with Gasteiger partial charge in [0, 0.05) is 0 Å². The van der Waals surface area contributed by atoms with E-state index in [1.54, 1.807) is 12.1 Å². The molecule has 10 heavy (non-hydrogen) atoms. The summed E-state index contributed by atoms with van der Waals surface area (Å²) in [7, 11) is 0. The summed E-state index contributed by atoms with van der Waals surface area (Å²) < 4.78 is 9.32. The van der Waals surface area contributed by atoms with E-state index < -0.39 is 5.97 Å². The number of rotatable bonds is 2. The minimum absolute atomic E-state index is 0.187. The van der Waals surface area contributed by atoms with Crippen LogP contribution in [0.3, 0.4) is 0 Å². The van der Waals surface area contributed by atoms with Crippen molar-refractivity contribution in [2.75, 3.05) is 5.52 Å². The summed E-state index contributed by atoms with van der Waals surface area (Å²) in [5.74, 6) is -0.235. The summed E-state index contributed by atoms with van der Waals surface area (Å²) in [6, 6.07) is 3.18. The molecule has 0 aromatic carbocycles. The van der Waals surface area contributed by atoms with Gasteiger partial charge >= 0.3 is 5.97 Å². The van der Waals surface area contributed by atoms with Crippen molar-refractivity contribution in [2.24, 2.45) is 0 Å². The van der Waals surface area contributed by atoms with Crippen molar-refractivity contribution in [3.8, 4) is 0 Å². The van der Waals surface area contributed by atoms with Crippen LogP contribution in [-0.2, 0) is 4.74 Å². The van der Waals surface area contributed by atoms with Crippen molar-refractivity contribution in [2.45, 2.75) is 0 Å². The van der Waals surface area contributed by atoms with Crippen LogP contribution < -0.4 is 0 Å². The number of halogens is 1. The fourth-order valence-electron chi connectivity index (χ4n) is 0.515. The Morgan fingerprint density at radius 2 is 2.60 bits per heavy atom. The first kappa shape index (κ1) is 7.34. The van der Waals surface area contributed by atoms with Crippen LogP contribution in [0.15, 0.2) is 22.8 Å². The Bertz CT molecular complexity index is 205. The molecule has 0 N–H and O–H groups in total. The van der Waals surface area contributed by atoms with E-state index in [1.807, 2.05) is 0 Å². The maximum atomic E-state index is 10.8. The van der Waals surface area contributed by atoms with Crippen LogP contribution in [0.5, 0.6) is 0 Å². The topological polar surface area (TPSA) is 39.4 Å². The van der Waals surface area contributed by atoms with E-state index in [-0.39, 0.29) is 11.3 Å². The minimum Gasteiger partial charge on any atom is -0.457 e. The first-order valence-corrected chi connectivity index (χ1v) is 3.73. The van der Waals surface area contributed by atoms with Crippen molar-refractivity contribution in [1.82, 2.24) is 0 Å². The van der Waals surface area contributed by atoms with Gasteiger partial charge < -0.3 is 9.15 Å². The average Bonchev–Trinajstić information content (AvgIpc) is 2.38. The molecule has 0 aliphatic carbocycles. The van der Waals surface area contributed by atoms with Crippen molar-refractivity contribution >= 4 is 21.9 Å². The van der Waals surface area contributed by atoms with E-state index in [9.17, 15) is 4.79 Å². The lowest BCUT2D eigenvalue weighted by Gasteiger charge is -1.93. The summed E-state index contributed by atoms with van der Waals surface area (Å²) in [5.41, 5.74) is 0.187. The number of hydrogen-bond donors (Lipinski definition) is 0. The summed E-state index contributed by atoms with van der Waals surface area (Å²) >= 11 is 2.95. The Balaban J connectivity index is 2.59. The third kappa shape index (κ3) is 1.60. The molecule has 1 rings (SSSR count). The number of esters is 1. The zero-order chi connectivity index (χ0) is 7.40. The highest BCUT2D eigenvalue weighted by Crippen LogP contribution is 2.02. The van der Waals surface area contributed by atoms with Crippen LogP contribution in [0.1, 0.15) is 10.6 Å². The van der Waals surface area contributed by atoms with E-state index in [2.05, 4.69) is 20.7 Å². The quantitative estimate of drug-likeness (QED) is 0.545. The van der Waals surface area contributed by atoms with Gasteiger partial charge in [0.25, 0.3) is 0 Å². The molecular weight excluding hydrogens is 200 g/mol. The van der Waals surface area contributed by atoms with E-state index in [4.69, 9.17) is 4.42 Å². The van der Waals surface area contributed by atoms with Gasteiger partial charge in [-0.15, -0.1) is 0 Å². The predicted octanol–water partition coefficient (Wildman–Crippen LogP) is 1.79. The van der Waals surface area contributed by atoms with Crippen molar-refractivity contribution < 1.29 is 13.9 Å². The van der Waals surface area contributed by atoms with E-state index in [0.717, 1.165) is 0 Å². The molecular formula is C6H5BrO3. The number of furan rings is 1. The Morgan fingerprint density at radius 1 is 1.80 bits per heavy atom. The smallest absolute Gasteiger partial charge is 0.375 e. The number of hydrogen-bond acceptors (Lipinski definition) is 3. The van der Waals surface area contributed by atoms with Gasteiger partial charge in [0.2, 0.25) is 5.76 Å². The third-order valence-electron chi connectivity index (χ3n) is 0.908. The zero-order valence-corrected chi connectivity index (χ0v) is 6.63. The number of ether oxygens (including phenoxy) is 1. The summed E-state index contributed by atoms with van der Waals surface area (Å²) in [6.45, 7) is 0. The van der Waals surface area contributed by atoms with Crippen LogP contribution in [-0.4, -0.2) is 11.5 Å². The maximum absolute atomic E-state index is 10.8. The van der Waals surface area contributed by atoms with Gasteiger partial charge in [0.1, 0.15) is 5.52 Å². The highest BCUT2D eigenvalue weighted by atomic mass is 79.9. The second kappa shape index (κ2) is 3.41. The average molecular weight is 205 g/mol. The van der Waals surface area contributed by atoms with Gasteiger partial charge in [-0.1, -0.05) is 0 Å². The van der Waals surface area contributed by atoms with Crippen LogP contribution in [0.2, 0.25) is 0 Å². The molecule has 0 atom stereocenters. The van der Waals surface area contributed by atoms with Crippen molar-refractivity contribution in [1.29, 1.82) is 0 Å². The molecule has 0 saturated carbocycles. The Hall–Kier alpha value is -0.770. The molecule has 0 amide bonds.